The van der Waals surface area contributed by atoms with Gasteiger partial charge in [-0.15, -0.1) is 0 Å². The molecule has 1 aromatic carbocycles. The molecule has 0 atom stereocenters. The normalized spacial score (nSPS) is 22.7. The largest absolute Gasteiger partial charge is 0.480 e. The van der Waals surface area contributed by atoms with Crippen LogP contribution in [-0.2, 0) is 10.2 Å². The highest BCUT2D eigenvalue weighted by Crippen LogP contribution is 2.48. The lowest BCUT2D eigenvalue weighted by molar-refractivity contribution is -0.140. The molecule has 2 nitrogen and oxygen atoms in total. The van der Waals surface area contributed by atoms with Crippen LogP contribution in [0.3, 0.4) is 0 Å². The average molecular weight is 240 g/mol. The lowest BCUT2D eigenvalue weighted by Crippen LogP contribution is -2.37. The Morgan fingerprint density at radius 2 is 1.61 bits per heavy atom. The minimum atomic E-state index is -0.984. The Morgan fingerprint density at radius 3 is 2.06 bits per heavy atom. The summed E-state index contributed by atoms with van der Waals surface area (Å²) in [5.74, 6) is -0.810. The van der Waals surface area contributed by atoms with Crippen molar-refractivity contribution in [2.45, 2.75) is 24.7 Å². The molecule has 1 aromatic rings. The van der Waals surface area contributed by atoms with Crippen LogP contribution in [0.15, 0.2) is 54.6 Å². The zero-order valence-corrected chi connectivity index (χ0v) is 10.2. The Labute approximate surface area is 107 Å². The topological polar surface area (TPSA) is 37.3 Å². The van der Waals surface area contributed by atoms with E-state index in [1.54, 1.807) is 0 Å². The number of rotatable bonds is 2. The summed E-state index contributed by atoms with van der Waals surface area (Å²) in [6, 6.07) is 9.43. The zero-order chi connectivity index (χ0) is 12.6. The molecule has 0 bridgehead atoms. The number of hydrogen-bond donors (Lipinski definition) is 1. The molecule has 0 aromatic heterocycles. The van der Waals surface area contributed by atoms with Gasteiger partial charge in [-0.3, -0.25) is 4.79 Å². The van der Waals surface area contributed by atoms with Crippen molar-refractivity contribution in [3.05, 3.63) is 60.2 Å². The third-order valence-electron chi connectivity index (χ3n) is 4.25. The first-order valence-electron chi connectivity index (χ1n) is 6.37. The lowest BCUT2D eigenvalue weighted by Gasteiger charge is -2.41. The maximum absolute atomic E-state index is 11.7. The van der Waals surface area contributed by atoms with Crippen LogP contribution < -0.4 is 0 Å². The van der Waals surface area contributed by atoms with Crippen molar-refractivity contribution in [2.75, 3.05) is 0 Å². The summed E-state index contributed by atoms with van der Waals surface area (Å²) in [5.41, 5.74) is -0.0188. The molecule has 0 aliphatic heterocycles. The molecule has 3 rings (SSSR count). The van der Waals surface area contributed by atoms with Gasteiger partial charge in [0.15, 0.2) is 0 Å². The van der Waals surface area contributed by atoms with E-state index in [2.05, 4.69) is 12.2 Å². The van der Waals surface area contributed by atoms with Crippen LogP contribution in [0.5, 0.6) is 0 Å². The first-order chi connectivity index (χ1) is 8.67. The molecule has 92 valence electrons. The van der Waals surface area contributed by atoms with Gasteiger partial charge in [0.2, 0.25) is 0 Å². The molecule has 0 amide bonds. The second-order valence-electron chi connectivity index (χ2n) is 5.29. The van der Waals surface area contributed by atoms with Crippen LogP contribution in [0.2, 0.25) is 0 Å². The lowest BCUT2D eigenvalue weighted by atomic mass is 9.63. The number of carbonyl (C=O) groups is 1. The number of carboxylic acids is 1. The molecule has 2 heteroatoms. The highest BCUT2D eigenvalue weighted by Gasteiger charge is 2.42. The Balaban J connectivity index is 2.03. The Kier molecular flexibility index (Phi) is 2.40. The molecule has 1 fully saturated rings. The number of allylic oxidation sites excluding steroid dienone is 2. The molecular weight excluding hydrogens is 224 g/mol. The van der Waals surface area contributed by atoms with Gasteiger partial charge in [-0.05, 0) is 18.4 Å². The highest BCUT2D eigenvalue weighted by atomic mass is 16.4. The fraction of sp³-hybridized carbons (Fsp3) is 0.312. The molecule has 1 spiro atoms. The van der Waals surface area contributed by atoms with E-state index in [0.29, 0.717) is 0 Å². The van der Waals surface area contributed by atoms with Crippen molar-refractivity contribution in [1.82, 2.24) is 0 Å². The Hall–Kier alpha value is -1.83. The second-order valence-corrected chi connectivity index (χ2v) is 5.29. The van der Waals surface area contributed by atoms with Gasteiger partial charge in [0.05, 0.1) is 0 Å². The van der Waals surface area contributed by atoms with E-state index in [4.69, 9.17) is 0 Å². The van der Waals surface area contributed by atoms with Gasteiger partial charge >= 0.3 is 5.97 Å². The summed E-state index contributed by atoms with van der Waals surface area (Å²) in [6.07, 6.45) is 11.4. The Morgan fingerprint density at radius 1 is 1.00 bits per heavy atom. The molecule has 1 N–H and O–H groups in total. The number of aliphatic carboxylic acids is 1. The molecule has 18 heavy (non-hydrogen) atoms. The van der Waals surface area contributed by atoms with Crippen molar-refractivity contribution in [3.8, 4) is 0 Å². The third kappa shape index (κ3) is 1.52. The fourth-order valence-electron chi connectivity index (χ4n) is 2.80. The second kappa shape index (κ2) is 3.84. The molecule has 1 saturated carbocycles. The SMILES string of the molecule is O=C(O)C1(c2ccccc2)C=CC2(C=C1)CCC2. The van der Waals surface area contributed by atoms with E-state index in [0.717, 1.165) is 18.4 Å². The van der Waals surface area contributed by atoms with Gasteiger partial charge in [-0.25, -0.2) is 0 Å². The van der Waals surface area contributed by atoms with E-state index in [1.165, 1.54) is 6.42 Å². The summed E-state index contributed by atoms with van der Waals surface area (Å²) < 4.78 is 0. The highest BCUT2D eigenvalue weighted by molar-refractivity contribution is 5.87. The van der Waals surface area contributed by atoms with Crippen LogP contribution in [0.4, 0.5) is 0 Å². The van der Waals surface area contributed by atoms with Gasteiger partial charge in [-0.1, -0.05) is 61.1 Å². The van der Waals surface area contributed by atoms with Crippen molar-refractivity contribution in [1.29, 1.82) is 0 Å². The number of benzene rings is 1. The molecule has 2 aliphatic carbocycles. The summed E-state index contributed by atoms with van der Waals surface area (Å²) in [7, 11) is 0. The standard InChI is InChI=1S/C16H16O2/c17-14(18)16(13-5-2-1-3-6-13)11-9-15(10-12-16)7-4-8-15/h1-3,5-6,9-12H,4,7-8H2,(H,17,18). The van der Waals surface area contributed by atoms with Crippen LogP contribution in [-0.4, -0.2) is 11.1 Å². The first kappa shape index (κ1) is 11.3. The number of hydrogen-bond acceptors (Lipinski definition) is 1. The zero-order valence-electron chi connectivity index (χ0n) is 10.2. The van der Waals surface area contributed by atoms with Crippen LogP contribution in [0, 0.1) is 5.41 Å². The quantitative estimate of drug-likeness (QED) is 0.805. The van der Waals surface area contributed by atoms with Gasteiger partial charge in [0.25, 0.3) is 0 Å². The van der Waals surface area contributed by atoms with E-state index in [-0.39, 0.29) is 5.41 Å². The average Bonchev–Trinajstić information content (AvgIpc) is 2.38. The summed E-state index contributed by atoms with van der Waals surface area (Å²) in [4.78, 5) is 11.7. The maximum atomic E-state index is 11.7. The predicted molar refractivity (Wildman–Crippen MR) is 70.3 cm³/mol. The minimum Gasteiger partial charge on any atom is -0.480 e. The molecular formula is C16H16O2. The van der Waals surface area contributed by atoms with Crippen LogP contribution >= 0.6 is 0 Å². The first-order valence-corrected chi connectivity index (χ1v) is 6.37. The van der Waals surface area contributed by atoms with E-state index < -0.39 is 11.4 Å². The molecule has 0 radical (unpaired) electrons. The summed E-state index contributed by atoms with van der Waals surface area (Å²) in [6.45, 7) is 0. The molecule has 0 heterocycles. The van der Waals surface area contributed by atoms with Crippen LogP contribution in [0.25, 0.3) is 0 Å². The summed E-state index contributed by atoms with van der Waals surface area (Å²) >= 11 is 0. The van der Waals surface area contributed by atoms with Gasteiger partial charge < -0.3 is 5.11 Å². The fourth-order valence-corrected chi connectivity index (χ4v) is 2.80. The monoisotopic (exact) mass is 240 g/mol. The molecule has 0 saturated heterocycles. The third-order valence-corrected chi connectivity index (χ3v) is 4.25. The van der Waals surface area contributed by atoms with Crippen LogP contribution in [0.1, 0.15) is 24.8 Å². The van der Waals surface area contributed by atoms with E-state index in [9.17, 15) is 9.90 Å². The van der Waals surface area contributed by atoms with Gasteiger partial charge in [0, 0.05) is 5.41 Å². The molecule has 0 unspecified atom stereocenters. The minimum absolute atomic E-state index is 0.147. The van der Waals surface area contributed by atoms with Crippen molar-refractivity contribution in [3.63, 3.8) is 0 Å². The van der Waals surface area contributed by atoms with Gasteiger partial charge in [0.1, 0.15) is 5.41 Å². The van der Waals surface area contributed by atoms with Crippen molar-refractivity contribution in [2.24, 2.45) is 5.41 Å². The predicted octanol–water partition coefficient (Wildman–Crippen LogP) is 3.31. The molecule has 2 aliphatic rings. The van der Waals surface area contributed by atoms with Crippen molar-refractivity contribution >= 4 is 5.97 Å². The van der Waals surface area contributed by atoms with E-state index >= 15 is 0 Å². The smallest absolute Gasteiger partial charge is 0.321 e. The van der Waals surface area contributed by atoms with Gasteiger partial charge in [-0.2, -0.15) is 0 Å². The van der Waals surface area contributed by atoms with Crippen molar-refractivity contribution < 1.29 is 9.90 Å². The van der Waals surface area contributed by atoms with E-state index in [1.807, 2.05) is 42.5 Å². The maximum Gasteiger partial charge on any atom is 0.321 e. The Bertz CT molecular complexity index is 505. The summed E-state index contributed by atoms with van der Waals surface area (Å²) in [5, 5.41) is 9.60. The number of carboxylic acid groups (broad SMARTS) is 1.